The maximum absolute atomic E-state index is 5.78. The topological polar surface area (TPSA) is 63.4 Å². The van der Waals surface area contributed by atoms with Crippen LogP contribution in [0.1, 0.15) is 19.8 Å². The van der Waals surface area contributed by atoms with E-state index in [1.807, 2.05) is 6.92 Å². The number of nitrogens with two attached hydrogens (primary N) is 1. The summed E-state index contributed by atoms with van der Waals surface area (Å²) < 4.78 is 9.66. The molecule has 2 rings (SSSR count). The highest BCUT2D eigenvalue weighted by atomic mass is 32.1. The lowest BCUT2D eigenvalue weighted by Gasteiger charge is -2.30. The number of likely N-dealkylation sites (N-methyl/N-ethyl adjacent to an activating group) is 1. The maximum Gasteiger partial charge on any atom is 0.197 e. The van der Waals surface area contributed by atoms with E-state index in [1.54, 1.807) is 0 Å². The zero-order chi connectivity index (χ0) is 12.3. The molecule has 3 N–H and O–H groups in total. The summed E-state index contributed by atoms with van der Waals surface area (Å²) in [6, 6.07) is 0.466. The number of ether oxygens (including phenoxy) is 1. The van der Waals surface area contributed by atoms with Gasteiger partial charge in [-0.05, 0) is 44.9 Å². The van der Waals surface area contributed by atoms with Crippen LogP contribution in [0.2, 0.25) is 0 Å². The van der Waals surface area contributed by atoms with Gasteiger partial charge in [-0.1, -0.05) is 0 Å². The molecule has 0 amide bonds. The Morgan fingerprint density at radius 3 is 3.18 bits per heavy atom. The summed E-state index contributed by atoms with van der Waals surface area (Å²) >= 11 is 1.38. The van der Waals surface area contributed by atoms with Crippen molar-refractivity contribution in [2.75, 3.05) is 37.8 Å². The fraction of sp³-hybridized carbons (Fsp3) is 0.727. The van der Waals surface area contributed by atoms with Crippen molar-refractivity contribution in [2.45, 2.75) is 25.8 Å². The molecule has 1 fully saturated rings. The number of likely N-dealkylation sites (tertiary alicyclic amines) is 1. The molecule has 0 saturated carbocycles. The molecule has 17 heavy (non-hydrogen) atoms. The van der Waals surface area contributed by atoms with Crippen LogP contribution in [0.25, 0.3) is 0 Å². The Hall–Kier alpha value is -1.01. The van der Waals surface area contributed by atoms with E-state index in [0.717, 1.165) is 11.5 Å². The van der Waals surface area contributed by atoms with Crippen LogP contribution in [0.3, 0.4) is 0 Å². The third-order valence-corrected chi connectivity index (χ3v) is 3.70. The number of hydrogen-bond acceptors (Lipinski definition) is 6. The summed E-state index contributed by atoms with van der Waals surface area (Å²) in [6.45, 7) is 4.81. The van der Waals surface area contributed by atoms with Crippen molar-refractivity contribution in [3.63, 3.8) is 0 Å². The molecule has 0 bridgehead atoms. The molecule has 0 aromatic carbocycles. The number of aromatic nitrogens is 1. The number of piperidine rings is 1. The minimum absolute atomic E-state index is 0.466. The smallest absolute Gasteiger partial charge is 0.197 e. The van der Waals surface area contributed by atoms with Crippen molar-refractivity contribution < 1.29 is 4.74 Å². The Bertz CT molecular complexity index is 368. The number of nitrogen functional groups attached to an aromatic ring is 1. The molecule has 1 unspecified atom stereocenters. The summed E-state index contributed by atoms with van der Waals surface area (Å²) in [5.41, 5.74) is 5.78. The monoisotopic (exact) mass is 256 g/mol. The van der Waals surface area contributed by atoms with Gasteiger partial charge in [-0.15, -0.1) is 0 Å². The zero-order valence-corrected chi connectivity index (χ0v) is 11.2. The van der Waals surface area contributed by atoms with E-state index >= 15 is 0 Å². The van der Waals surface area contributed by atoms with Crippen molar-refractivity contribution in [3.05, 3.63) is 0 Å². The minimum Gasteiger partial charge on any atom is -0.487 e. The SMILES string of the molecule is CCOc1c(N)nsc1NC1CCCN(C)C1. The lowest BCUT2D eigenvalue weighted by Crippen LogP contribution is -2.39. The highest BCUT2D eigenvalue weighted by Crippen LogP contribution is 2.36. The third kappa shape index (κ3) is 3.01. The Balaban J connectivity index is 2.02. The molecule has 0 radical (unpaired) electrons. The van der Waals surface area contributed by atoms with E-state index in [1.165, 1.54) is 30.9 Å². The van der Waals surface area contributed by atoms with Crippen LogP contribution in [0.4, 0.5) is 10.8 Å². The van der Waals surface area contributed by atoms with Gasteiger partial charge in [0.1, 0.15) is 0 Å². The molecule has 6 heteroatoms. The molecule has 0 aliphatic carbocycles. The fourth-order valence-corrected chi connectivity index (χ4v) is 2.88. The van der Waals surface area contributed by atoms with E-state index in [2.05, 4.69) is 21.6 Å². The van der Waals surface area contributed by atoms with Gasteiger partial charge in [-0.25, -0.2) is 0 Å². The molecule has 1 aromatic rings. The van der Waals surface area contributed by atoms with Gasteiger partial charge in [0.05, 0.1) is 6.61 Å². The Morgan fingerprint density at radius 1 is 1.65 bits per heavy atom. The van der Waals surface area contributed by atoms with E-state index in [0.29, 0.717) is 24.2 Å². The van der Waals surface area contributed by atoms with E-state index in [9.17, 15) is 0 Å². The second kappa shape index (κ2) is 5.55. The van der Waals surface area contributed by atoms with Gasteiger partial charge in [0.15, 0.2) is 16.6 Å². The number of nitrogens with one attached hydrogen (secondary N) is 1. The largest absolute Gasteiger partial charge is 0.487 e. The molecular formula is C11H20N4OS. The van der Waals surface area contributed by atoms with Crippen LogP contribution >= 0.6 is 11.5 Å². The van der Waals surface area contributed by atoms with Gasteiger partial charge in [-0.3, -0.25) is 0 Å². The van der Waals surface area contributed by atoms with Crippen LogP contribution in [0.15, 0.2) is 0 Å². The summed E-state index contributed by atoms with van der Waals surface area (Å²) in [4.78, 5) is 2.34. The zero-order valence-electron chi connectivity index (χ0n) is 10.4. The molecule has 96 valence electrons. The van der Waals surface area contributed by atoms with Gasteiger partial charge in [-0.2, -0.15) is 4.37 Å². The molecule has 1 aromatic heterocycles. The Kier molecular flexibility index (Phi) is 4.06. The van der Waals surface area contributed by atoms with Crippen molar-refractivity contribution in [1.82, 2.24) is 9.27 Å². The molecule has 5 nitrogen and oxygen atoms in total. The van der Waals surface area contributed by atoms with E-state index < -0.39 is 0 Å². The van der Waals surface area contributed by atoms with Gasteiger partial charge in [0.25, 0.3) is 0 Å². The highest BCUT2D eigenvalue weighted by Gasteiger charge is 2.20. The molecular weight excluding hydrogens is 236 g/mol. The highest BCUT2D eigenvalue weighted by molar-refractivity contribution is 7.11. The number of rotatable bonds is 4. The van der Waals surface area contributed by atoms with Crippen LogP contribution in [-0.4, -0.2) is 42.1 Å². The predicted molar refractivity (Wildman–Crippen MR) is 71.8 cm³/mol. The lowest BCUT2D eigenvalue weighted by molar-refractivity contribution is 0.260. The average Bonchev–Trinajstić information content (AvgIpc) is 2.62. The predicted octanol–water partition coefficient (Wildman–Crippen LogP) is 1.63. The standard InChI is InChI=1S/C11H20N4OS/c1-3-16-9-10(12)14-17-11(9)13-8-5-4-6-15(2)7-8/h8,13H,3-7H2,1-2H3,(H2,12,14). The van der Waals surface area contributed by atoms with E-state index in [-0.39, 0.29) is 0 Å². The first-order valence-corrected chi connectivity index (χ1v) is 6.81. The second-order valence-corrected chi connectivity index (χ2v) is 5.18. The summed E-state index contributed by atoms with van der Waals surface area (Å²) in [5, 5.41) is 4.46. The molecule has 0 spiro atoms. The minimum atomic E-state index is 0.466. The van der Waals surface area contributed by atoms with Crippen LogP contribution in [0, 0.1) is 0 Å². The first-order chi connectivity index (χ1) is 8.20. The number of hydrogen-bond donors (Lipinski definition) is 2. The first-order valence-electron chi connectivity index (χ1n) is 6.03. The normalized spacial score (nSPS) is 21.4. The molecule has 2 heterocycles. The summed E-state index contributed by atoms with van der Waals surface area (Å²) in [5.74, 6) is 1.20. The lowest BCUT2D eigenvalue weighted by atomic mass is 10.1. The van der Waals surface area contributed by atoms with Crippen LogP contribution in [-0.2, 0) is 0 Å². The Morgan fingerprint density at radius 2 is 2.47 bits per heavy atom. The van der Waals surface area contributed by atoms with Gasteiger partial charge < -0.3 is 20.7 Å². The second-order valence-electron chi connectivity index (χ2n) is 4.40. The van der Waals surface area contributed by atoms with Crippen molar-refractivity contribution in [1.29, 1.82) is 0 Å². The average molecular weight is 256 g/mol. The quantitative estimate of drug-likeness (QED) is 0.857. The summed E-state index contributed by atoms with van der Waals surface area (Å²) in [6.07, 6.45) is 2.42. The first kappa shape index (κ1) is 12.4. The third-order valence-electron chi connectivity index (χ3n) is 2.92. The van der Waals surface area contributed by atoms with Crippen molar-refractivity contribution in [3.8, 4) is 5.75 Å². The fourth-order valence-electron chi connectivity index (χ4n) is 2.14. The maximum atomic E-state index is 5.78. The van der Waals surface area contributed by atoms with Gasteiger partial charge in [0, 0.05) is 12.6 Å². The van der Waals surface area contributed by atoms with Crippen molar-refractivity contribution >= 4 is 22.4 Å². The van der Waals surface area contributed by atoms with E-state index in [4.69, 9.17) is 10.5 Å². The number of anilines is 2. The van der Waals surface area contributed by atoms with Crippen molar-refractivity contribution in [2.24, 2.45) is 0 Å². The van der Waals surface area contributed by atoms with Gasteiger partial charge >= 0.3 is 0 Å². The Labute approximate surface area is 106 Å². The van der Waals surface area contributed by atoms with Crippen LogP contribution in [0.5, 0.6) is 5.75 Å². The van der Waals surface area contributed by atoms with Gasteiger partial charge in [0.2, 0.25) is 0 Å². The summed E-state index contributed by atoms with van der Waals surface area (Å²) in [7, 11) is 2.15. The number of nitrogens with zero attached hydrogens (tertiary/aromatic N) is 2. The molecule has 1 aliphatic heterocycles. The molecule has 1 saturated heterocycles. The van der Waals surface area contributed by atoms with Crippen LogP contribution < -0.4 is 15.8 Å². The molecule has 1 aliphatic rings. The molecule has 1 atom stereocenters.